The molecule has 25 heavy (non-hydrogen) atoms. The lowest BCUT2D eigenvalue weighted by Crippen LogP contribution is -2.35. The first-order valence-electron chi connectivity index (χ1n) is 9.07. The first kappa shape index (κ1) is 16.2. The fourth-order valence-corrected chi connectivity index (χ4v) is 3.80. The number of anilines is 1. The maximum atomic E-state index is 11.7. The van der Waals surface area contributed by atoms with Gasteiger partial charge in [-0.15, -0.1) is 0 Å². The van der Waals surface area contributed by atoms with Crippen molar-refractivity contribution in [1.29, 1.82) is 0 Å². The highest BCUT2D eigenvalue weighted by Crippen LogP contribution is 2.32. The Balaban J connectivity index is 1.45. The van der Waals surface area contributed by atoms with Crippen LogP contribution in [0.5, 0.6) is 5.75 Å². The Morgan fingerprint density at radius 3 is 2.88 bits per heavy atom. The van der Waals surface area contributed by atoms with Crippen LogP contribution in [0.2, 0.25) is 0 Å². The van der Waals surface area contributed by atoms with E-state index in [0.29, 0.717) is 5.92 Å². The predicted octanol–water partition coefficient (Wildman–Crippen LogP) is 3.79. The number of ether oxygens (including phenoxy) is 1. The summed E-state index contributed by atoms with van der Waals surface area (Å²) >= 11 is 0. The molecule has 1 fully saturated rings. The number of fused-ring (bicyclic) bond motifs is 1. The molecule has 0 saturated carbocycles. The van der Waals surface area contributed by atoms with Gasteiger partial charge in [-0.3, -0.25) is 9.69 Å². The highest BCUT2D eigenvalue weighted by Gasteiger charge is 2.25. The molecule has 2 unspecified atom stereocenters. The molecule has 0 bridgehead atoms. The standard InChI is InChI=1S/C21H24N2O2/c1-15-21(24)22-19-10-9-16(12-20(19)25-15)13-23-11-5-8-18(14-23)17-6-3-2-4-7-17/h2-4,6-7,9-10,12,15,18H,5,8,11,13-14H2,1H3,(H,22,24). The third kappa shape index (κ3) is 3.54. The quantitative estimate of drug-likeness (QED) is 0.927. The fraction of sp³-hybridized carbons (Fsp3) is 0.381. The van der Waals surface area contributed by atoms with Gasteiger partial charge in [-0.25, -0.2) is 0 Å². The molecule has 1 saturated heterocycles. The van der Waals surface area contributed by atoms with E-state index in [-0.39, 0.29) is 5.91 Å². The van der Waals surface area contributed by atoms with Gasteiger partial charge in [0.2, 0.25) is 0 Å². The molecule has 2 aliphatic rings. The Bertz CT molecular complexity index is 760. The van der Waals surface area contributed by atoms with E-state index in [4.69, 9.17) is 4.74 Å². The van der Waals surface area contributed by atoms with Crippen molar-refractivity contribution in [2.24, 2.45) is 0 Å². The van der Waals surface area contributed by atoms with Crippen LogP contribution in [0.1, 0.15) is 36.8 Å². The first-order valence-corrected chi connectivity index (χ1v) is 9.07. The van der Waals surface area contributed by atoms with Gasteiger partial charge in [0.25, 0.3) is 5.91 Å². The molecule has 2 aromatic carbocycles. The monoisotopic (exact) mass is 336 g/mol. The van der Waals surface area contributed by atoms with Gasteiger partial charge in [0.05, 0.1) is 5.69 Å². The molecular weight excluding hydrogens is 312 g/mol. The molecule has 1 amide bonds. The van der Waals surface area contributed by atoms with Gasteiger partial charge in [-0.05, 0) is 55.5 Å². The van der Waals surface area contributed by atoms with Gasteiger partial charge in [-0.1, -0.05) is 36.4 Å². The summed E-state index contributed by atoms with van der Waals surface area (Å²) in [6.07, 6.45) is 2.06. The second-order valence-corrected chi connectivity index (χ2v) is 7.06. The van der Waals surface area contributed by atoms with Crippen LogP contribution < -0.4 is 10.1 Å². The van der Waals surface area contributed by atoms with Gasteiger partial charge in [-0.2, -0.15) is 0 Å². The summed E-state index contributed by atoms with van der Waals surface area (Å²) < 4.78 is 5.73. The van der Waals surface area contributed by atoms with E-state index in [1.807, 2.05) is 6.07 Å². The van der Waals surface area contributed by atoms with Crippen molar-refractivity contribution in [1.82, 2.24) is 4.90 Å². The molecule has 2 aliphatic heterocycles. The molecule has 4 nitrogen and oxygen atoms in total. The van der Waals surface area contributed by atoms with Gasteiger partial charge in [0.15, 0.2) is 6.10 Å². The number of likely N-dealkylation sites (tertiary alicyclic amines) is 1. The topological polar surface area (TPSA) is 41.6 Å². The highest BCUT2D eigenvalue weighted by atomic mass is 16.5. The molecule has 0 aromatic heterocycles. The van der Waals surface area contributed by atoms with E-state index in [1.54, 1.807) is 6.92 Å². The number of carbonyl (C=O) groups is 1. The van der Waals surface area contributed by atoms with Crippen LogP contribution in [0.4, 0.5) is 5.69 Å². The lowest BCUT2D eigenvalue weighted by atomic mass is 9.90. The minimum absolute atomic E-state index is 0.0815. The number of amides is 1. The number of nitrogens with one attached hydrogen (secondary N) is 1. The van der Waals surface area contributed by atoms with Crippen molar-refractivity contribution in [3.05, 3.63) is 59.7 Å². The normalized spacial score (nSPS) is 23.5. The Hall–Kier alpha value is -2.33. The fourth-order valence-electron chi connectivity index (χ4n) is 3.80. The maximum Gasteiger partial charge on any atom is 0.265 e. The van der Waals surface area contributed by atoms with Crippen LogP contribution >= 0.6 is 0 Å². The summed E-state index contributed by atoms with van der Waals surface area (Å²) in [4.78, 5) is 14.2. The molecule has 2 aromatic rings. The Morgan fingerprint density at radius 2 is 2.04 bits per heavy atom. The third-order valence-electron chi connectivity index (χ3n) is 5.16. The molecule has 130 valence electrons. The molecule has 0 radical (unpaired) electrons. The second kappa shape index (κ2) is 6.89. The minimum atomic E-state index is -0.430. The summed E-state index contributed by atoms with van der Waals surface area (Å²) in [5, 5.41) is 2.89. The van der Waals surface area contributed by atoms with Crippen molar-refractivity contribution in [3.63, 3.8) is 0 Å². The summed E-state index contributed by atoms with van der Waals surface area (Å²) in [7, 11) is 0. The summed E-state index contributed by atoms with van der Waals surface area (Å²) in [6, 6.07) is 16.9. The van der Waals surface area contributed by atoms with Crippen molar-refractivity contribution in [3.8, 4) is 5.75 Å². The summed E-state index contributed by atoms with van der Waals surface area (Å²) in [5.41, 5.74) is 3.45. The molecule has 4 heteroatoms. The number of hydrogen-bond donors (Lipinski definition) is 1. The minimum Gasteiger partial charge on any atom is -0.479 e. The third-order valence-corrected chi connectivity index (χ3v) is 5.16. The van der Waals surface area contributed by atoms with Crippen LogP contribution in [0.3, 0.4) is 0 Å². The predicted molar refractivity (Wildman–Crippen MR) is 98.9 cm³/mol. The molecule has 2 atom stereocenters. The zero-order valence-corrected chi connectivity index (χ0v) is 14.6. The zero-order chi connectivity index (χ0) is 17.2. The van der Waals surface area contributed by atoms with Crippen molar-refractivity contribution >= 4 is 11.6 Å². The van der Waals surface area contributed by atoms with E-state index in [1.165, 1.54) is 24.0 Å². The van der Waals surface area contributed by atoms with Crippen molar-refractivity contribution < 1.29 is 9.53 Å². The molecule has 0 aliphatic carbocycles. The van der Waals surface area contributed by atoms with E-state index in [9.17, 15) is 4.79 Å². The average molecular weight is 336 g/mol. The lowest BCUT2D eigenvalue weighted by Gasteiger charge is -2.33. The van der Waals surface area contributed by atoms with Crippen molar-refractivity contribution in [2.45, 2.75) is 38.3 Å². The Kier molecular flexibility index (Phi) is 4.45. The van der Waals surface area contributed by atoms with E-state index >= 15 is 0 Å². The Morgan fingerprint density at radius 1 is 1.20 bits per heavy atom. The van der Waals surface area contributed by atoms with Crippen LogP contribution in [-0.2, 0) is 11.3 Å². The number of carbonyl (C=O) groups excluding carboxylic acids is 1. The SMILES string of the molecule is CC1Oc2cc(CN3CCCC(c4ccccc4)C3)ccc2NC1=O. The van der Waals surface area contributed by atoms with Crippen LogP contribution in [-0.4, -0.2) is 30.0 Å². The van der Waals surface area contributed by atoms with Gasteiger partial charge in [0, 0.05) is 13.1 Å². The molecule has 2 heterocycles. The number of piperidine rings is 1. The highest BCUT2D eigenvalue weighted by molar-refractivity contribution is 5.97. The van der Waals surface area contributed by atoms with Crippen LogP contribution in [0.15, 0.2) is 48.5 Å². The van der Waals surface area contributed by atoms with Gasteiger partial charge >= 0.3 is 0 Å². The summed E-state index contributed by atoms with van der Waals surface area (Å²) in [5.74, 6) is 1.31. The van der Waals surface area contributed by atoms with Gasteiger partial charge < -0.3 is 10.1 Å². The molecule has 0 spiro atoms. The number of hydrogen-bond acceptors (Lipinski definition) is 3. The van der Waals surface area contributed by atoms with E-state index in [2.05, 4.69) is 52.7 Å². The molecule has 4 rings (SSSR count). The first-order chi connectivity index (χ1) is 12.2. The second-order valence-electron chi connectivity index (χ2n) is 7.06. The smallest absolute Gasteiger partial charge is 0.265 e. The number of rotatable bonds is 3. The zero-order valence-electron chi connectivity index (χ0n) is 14.6. The van der Waals surface area contributed by atoms with Crippen LogP contribution in [0, 0.1) is 0 Å². The lowest BCUT2D eigenvalue weighted by molar-refractivity contribution is -0.122. The number of nitrogens with zero attached hydrogens (tertiary/aromatic N) is 1. The van der Waals surface area contributed by atoms with E-state index < -0.39 is 6.10 Å². The maximum absolute atomic E-state index is 11.7. The molecular formula is C21H24N2O2. The van der Waals surface area contributed by atoms with Crippen molar-refractivity contribution in [2.75, 3.05) is 18.4 Å². The largest absolute Gasteiger partial charge is 0.479 e. The van der Waals surface area contributed by atoms with E-state index in [0.717, 1.165) is 31.1 Å². The average Bonchev–Trinajstić information content (AvgIpc) is 2.64. The summed E-state index contributed by atoms with van der Waals surface area (Å²) in [6.45, 7) is 4.92. The van der Waals surface area contributed by atoms with Crippen LogP contribution in [0.25, 0.3) is 0 Å². The number of benzene rings is 2. The van der Waals surface area contributed by atoms with Gasteiger partial charge in [0.1, 0.15) is 5.75 Å². The molecule has 1 N–H and O–H groups in total. The Labute approximate surface area is 148 Å².